The zero-order valence-electron chi connectivity index (χ0n) is 8.42. The number of amides is 1. The average Bonchev–Trinajstić information content (AvgIpc) is 2.17. The molecule has 0 bridgehead atoms. The molecule has 0 aromatic heterocycles. The van der Waals surface area contributed by atoms with Gasteiger partial charge in [0.05, 0.1) is 6.04 Å². The van der Waals surface area contributed by atoms with Crippen LogP contribution in [0.15, 0.2) is 18.2 Å². The Bertz CT molecular complexity index is 392. The van der Waals surface area contributed by atoms with Crippen molar-refractivity contribution in [2.45, 2.75) is 19.4 Å². The summed E-state index contributed by atoms with van der Waals surface area (Å²) in [7, 11) is 0. The van der Waals surface area contributed by atoms with Gasteiger partial charge in [-0.05, 0) is 24.1 Å². The number of fused-ring (bicyclic) bond motifs is 1. The van der Waals surface area contributed by atoms with Crippen LogP contribution in [0.4, 0.5) is 0 Å². The highest BCUT2D eigenvalue weighted by atomic mass is 35.5. The fraction of sp³-hybridized carbons (Fsp3) is 0.364. The second-order valence-electron chi connectivity index (χ2n) is 3.66. The van der Waals surface area contributed by atoms with Gasteiger partial charge in [0.25, 0.3) is 0 Å². The highest BCUT2D eigenvalue weighted by molar-refractivity contribution is 6.30. The first kappa shape index (κ1) is 10.3. The summed E-state index contributed by atoms with van der Waals surface area (Å²) in [5.74, 6) is 0.796. The summed E-state index contributed by atoms with van der Waals surface area (Å²) in [6.07, 6.45) is 0.798. The van der Waals surface area contributed by atoms with E-state index in [1.165, 1.54) is 6.92 Å². The molecule has 1 atom stereocenters. The van der Waals surface area contributed by atoms with E-state index in [-0.39, 0.29) is 11.9 Å². The predicted molar refractivity (Wildman–Crippen MR) is 58.3 cm³/mol. The van der Waals surface area contributed by atoms with Gasteiger partial charge in [0.1, 0.15) is 12.4 Å². The molecule has 0 saturated heterocycles. The minimum atomic E-state index is -0.0268. The van der Waals surface area contributed by atoms with Gasteiger partial charge >= 0.3 is 0 Å². The average molecular weight is 226 g/mol. The van der Waals surface area contributed by atoms with Crippen LogP contribution in [-0.2, 0) is 11.2 Å². The van der Waals surface area contributed by atoms with E-state index in [4.69, 9.17) is 16.3 Å². The van der Waals surface area contributed by atoms with Crippen LogP contribution in [0.2, 0.25) is 5.02 Å². The van der Waals surface area contributed by atoms with Crippen LogP contribution in [0.3, 0.4) is 0 Å². The molecule has 1 N–H and O–H groups in total. The van der Waals surface area contributed by atoms with Gasteiger partial charge in [-0.1, -0.05) is 17.7 Å². The fourth-order valence-electron chi connectivity index (χ4n) is 1.73. The summed E-state index contributed by atoms with van der Waals surface area (Å²) in [5, 5.41) is 3.51. The van der Waals surface area contributed by atoms with Gasteiger partial charge in [-0.15, -0.1) is 0 Å². The first-order valence-electron chi connectivity index (χ1n) is 4.83. The van der Waals surface area contributed by atoms with Gasteiger partial charge < -0.3 is 10.1 Å². The first-order chi connectivity index (χ1) is 7.15. The molecule has 1 aromatic carbocycles. The Morgan fingerprint density at radius 3 is 3.13 bits per heavy atom. The summed E-state index contributed by atoms with van der Waals surface area (Å²) >= 11 is 5.85. The SMILES string of the molecule is CC(=O)NC1COc2cc(Cl)ccc2C1. The van der Waals surface area contributed by atoms with E-state index >= 15 is 0 Å². The Labute approximate surface area is 93.4 Å². The molecule has 0 aliphatic carbocycles. The summed E-state index contributed by atoms with van der Waals surface area (Å²) in [5.41, 5.74) is 1.09. The smallest absolute Gasteiger partial charge is 0.217 e. The van der Waals surface area contributed by atoms with Crippen LogP contribution < -0.4 is 10.1 Å². The molecule has 1 aliphatic heterocycles. The second-order valence-corrected chi connectivity index (χ2v) is 4.10. The van der Waals surface area contributed by atoms with Gasteiger partial charge in [0.15, 0.2) is 0 Å². The van der Waals surface area contributed by atoms with Crippen molar-refractivity contribution in [1.29, 1.82) is 0 Å². The van der Waals surface area contributed by atoms with Crippen molar-refractivity contribution in [3.8, 4) is 5.75 Å². The van der Waals surface area contributed by atoms with Crippen molar-refractivity contribution in [1.82, 2.24) is 5.32 Å². The summed E-state index contributed by atoms with van der Waals surface area (Å²) < 4.78 is 5.52. The zero-order valence-corrected chi connectivity index (χ0v) is 9.17. The van der Waals surface area contributed by atoms with E-state index in [0.717, 1.165) is 17.7 Å². The molecular formula is C11H12ClNO2. The molecule has 1 aromatic rings. The fourth-order valence-corrected chi connectivity index (χ4v) is 1.89. The predicted octanol–water partition coefficient (Wildman–Crippen LogP) is 1.78. The summed E-state index contributed by atoms with van der Waals surface area (Å²) in [6, 6.07) is 5.64. The van der Waals surface area contributed by atoms with Gasteiger partial charge in [-0.25, -0.2) is 0 Å². The summed E-state index contributed by atoms with van der Waals surface area (Å²) in [6.45, 7) is 2.02. The largest absolute Gasteiger partial charge is 0.491 e. The Kier molecular flexibility index (Phi) is 2.82. The number of rotatable bonds is 1. The maximum absolute atomic E-state index is 10.9. The topological polar surface area (TPSA) is 38.3 Å². The van der Waals surface area contributed by atoms with Crippen molar-refractivity contribution in [3.05, 3.63) is 28.8 Å². The van der Waals surface area contributed by atoms with Gasteiger partial charge in [0.2, 0.25) is 5.91 Å². The number of hydrogen-bond acceptors (Lipinski definition) is 2. The third kappa shape index (κ3) is 2.42. The molecule has 15 heavy (non-hydrogen) atoms. The lowest BCUT2D eigenvalue weighted by Gasteiger charge is -2.25. The van der Waals surface area contributed by atoms with Crippen LogP contribution >= 0.6 is 11.6 Å². The number of hydrogen-bond donors (Lipinski definition) is 1. The van der Waals surface area contributed by atoms with Crippen LogP contribution in [0.5, 0.6) is 5.75 Å². The molecule has 1 unspecified atom stereocenters. The third-order valence-electron chi connectivity index (χ3n) is 2.34. The van der Waals surface area contributed by atoms with Crippen LogP contribution in [0.1, 0.15) is 12.5 Å². The molecule has 1 heterocycles. The van der Waals surface area contributed by atoms with Crippen LogP contribution in [0, 0.1) is 0 Å². The van der Waals surface area contributed by atoms with Crippen molar-refractivity contribution in [2.24, 2.45) is 0 Å². The Balaban J connectivity index is 2.13. The maximum atomic E-state index is 10.9. The number of benzene rings is 1. The van der Waals surface area contributed by atoms with E-state index in [2.05, 4.69) is 5.32 Å². The molecular weight excluding hydrogens is 214 g/mol. The first-order valence-corrected chi connectivity index (χ1v) is 5.21. The van der Waals surface area contributed by atoms with Gasteiger partial charge in [0, 0.05) is 11.9 Å². The lowest BCUT2D eigenvalue weighted by atomic mass is 10.0. The van der Waals surface area contributed by atoms with Crippen molar-refractivity contribution in [2.75, 3.05) is 6.61 Å². The number of carbonyl (C=O) groups excluding carboxylic acids is 1. The highest BCUT2D eigenvalue weighted by Gasteiger charge is 2.20. The van der Waals surface area contributed by atoms with E-state index < -0.39 is 0 Å². The summed E-state index contributed by atoms with van der Waals surface area (Å²) in [4.78, 5) is 10.9. The molecule has 1 amide bonds. The van der Waals surface area contributed by atoms with E-state index in [9.17, 15) is 4.79 Å². The van der Waals surface area contributed by atoms with Crippen LogP contribution in [0.25, 0.3) is 0 Å². The monoisotopic (exact) mass is 225 g/mol. The minimum absolute atomic E-state index is 0.0268. The quantitative estimate of drug-likeness (QED) is 0.791. The van der Waals surface area contributed by atoms with Crippen LogP contribution in [-0.4, -0.2) is 18.6 Å². The van der Waals surface area contributed by atoms with Crippen molar-refractivity contribution in [3.63, 3.8) is 0 Å². The molecule has 3 nitrogen and oxygen atoms in total. The second kappa shape index (κ2) is 4.11. The molecule has 0 spiro atoms. The lowest BCUT2D eigenvalue weighted by molar-refractivity contribution is -0.119. The lowest BCUT2D eigenvalue weighted by Crippen LogP contribution is -2.41. The maximum Gasteiger partial charge on any atom is 0.217 e. The molecule has 1 aliphatic rings. The molecule has 0 saturated carbocycles. The number of nitrogens with one attached hydrogen (secondary N) is 1. The van der Waals surface area contributed by atoms with Crippen molar-refractivity contribution < 1.29 is 9.53 Å². The Hall–Kier alpha value is -1.22. The normalized spacial score (nSPS) is 18.9. The number of carbonyl (C=O) groups is 1. The van der Waals surface area contributed by atoms with Gasteiger partial charge in [-0.3, -0.25) is 4.79 Å². The number of halogens is 1. The molecule has 0 radical (unpaired) electrons. The minimum Gasteiger partial charge on any atom is -0.491 e. The highest BCUT2D eigenvalue weighted by Crippen LogP contribution is 2.27. The molecule has 0 fully saturated rings. The van der Waals surface area contributed by atoms with E-state index in [0.29, 0.717) is 11.6 Å². The standard InChI is InChI=1S/C11H12ClNO2/c1-7(14)13-10-4-8-2-3-9(12)5-11(8)15-6-10/h2-3,5,10H,4,6H2,1H3,(H,13,14). The Morgan fingerprint density at radius 1 is 1.60 bits per heavy atom. The molecule has 2 rings (SSSR count). The zero-order chi connectivity index (χ0) is 10.8. The van der Waals surface area contributed by atoms with Crippen molar-refractivity contribution >= 4 is 17.5 Å². The molecule has 4 heteroatoms. The van der Waals surface area contributed by atoms with E-state index in [1.54, 1.807) is 6.07 Å². The van der Waals surface area contributed by atoms with Gasteiger partial charge in [-0.2, -0.15) is 0 Å². The third-order valence-corrected chi connectivity index (χ3v) is 2.58. The number of ether oxygens (including phenoxy) is 1. The Morgan fingerprint density at radius 2 is 2.40 bits per heavy atom. The molecule has 80 valence electrons. The van der Waals surface area contributed by atoms with E-state index in [1.807, 2.05) is 12.1 Å².